The van der Waals surface area contributed by atoms with E-state index >= 15 is 0 Å². The van der Waals surface area contributed by atoms with Gasteiger partial charge < -0.3 is 19.1 Å². The van der Waals surface area contributed by atoms with Gasteiger partial charge in [-0.3, -0.25) is 0 Å². The number of piperidine rings is 1. The lowest BCUT2D eigenvalue weighted by atomic mass is 9.74. The van der Waals surface area contributed by atoms with Crippen molar-refractivity contribution < 1.29 is 44.9 Å². The van der Waals surface area contributed by atoms with Crippen LogP contribution in [0.1, 0.15) is 60.5 Å². The highest BCUT2D eigenvalue weighted by molar-refractivity contribution is 5.35. The number of methoxy groups -OCH3 is 1. The lowest BCUT2D eigenvalue weighted by Gasteiger charge is -2.48. The number of hydrogen-bond acceptors (Lipinski definition) is 4. The summed E-state index contributed by atoms with van der Waals surface area (Å²) >= 11 is 0. The van der Waals surface area contributed by atoms with Gasteiger partial charge in [-0.05, 0) is 80.6 Å². The second kappa shape index (κ2) is 11.7. The average molecular weight is 564 g/mol. The highest BCUT2D eigenvalue weighted by Crippen LogP contribution is 2.44. The standard InChI is InChI=1S/C28H32F7NO3/c1-16(18-12-19(27(30,31)32)14-20(13-18)28(33,34)35)39-26-25(17-4-6-21(29)7-5-17)23(9-11-38-26)24-15-22(37-3)8-10-36(24)2/h4-7,12-14,16,22-26H,8-11,15H2,1-3H3. The molecule has 4 nitrogen and oxygen atoms in total. The van der Waals surface area contributed by atoms with Crippen molar-refractivity contribution >= 4 is 0 Å². The minimum Gasteiger partial charge on any atom is -0.381 e. The molecule has 4 rings (SSSR count). The van der Waals surface area contributed by atoms with E-state index in [0.29, 0.717) is 24.1 Å². The molecule has 6 unspecified atom stereocenters. The second-order valence-electron chi connectivity index (χ2n) is 10.3. The summed E-state index contributed by atoms with van der Waals surface area (Å²) in [6.07, 6.45) is -9.79. The molecule has 0 aliphatic carbocycles. The topological polar surface area (TPSA) is 30.9 Å². The van der Waals surface area contributed by atoms with Gasteiger partial charge >= 0.3 is 12.4 Å². The Bertz CT molecular complexity index is 1070. The lowest BCUT2D eigenvalue weighted by molar-refractivity contribution is -0.216. The van der Waals surface area contributed by atoms with Crippen molar-refractivity contribution in [3.05, 3.63) is 70.5 Å². The van der Waals surface area contributed by atoms with Gasteiger partial charge in [-0.15, -0.1) is 0 Å². The van der Waals surface area contributed by atoms with Crippen molar-refractivity contribution in [3.8, 4) is 0 Å². The van der Waals surface area contributed by atoms with Gasteiger partial charge in [0.1, 0.15) is 5.82 Å². The lowest BCUT2D eigenvalue weighted by Crippen LogP contribution is -2.52. The summed E-state index contributed by atoms with van der Waals surface area (Å²) in [5.74, 6) is -0.926. The molecule has 2 aromatic rings. The summed E-state index contributed by atoms with van der Waals surface area (Å²) in [6.45, 7) is 2.49. The van der Waals surface area contributed by atoms with E-state index in [1.54, 1.807) is 19.2 Å². The van der Waals surface area contributed by atoms with Gasteiger partial charge in [-0.25, -0.2) is 4.39 Å². The van der Waals surface area contributed by atoms with E-state index in [2.05, 4.69) is 4.90 Å². The number of rotatable bonds is 6. The van der Waals surface area contributed by atoms with Crippen LogP contribution in [0.3, 0.4) is 0 Å². The van der Waals surface area contributed by atoms with Crippen molar-refractivity contribution in [2.75, 3.05) is 27.3 Å². The van der Waals surface area contributed by atoms with Gasteiger partial charge in [0.15, 0.2) is 6.29 Å². The third-order valence-corrected chi connectivity index (χ3v) is 7.86. The molecule has 0 saturated carbocycles. The van der Waals surface area contributed by atoms with Crippen molar-refractivity contribution in [3.63, 3.8) is 0 Å². The zero-order chi connectivity index (χ0) is 28.5. The molecular formula is C28H32F7NO3. The zero-order valence-electron chi connectivity index (χ0n) is 21.9. The summed E-state index contributed by atoms with van der Waals surface area (Å²) in [6, 6.07) is 7.34. The van der Waals surface area contributed by atoms with Crippen LogP contribution < -0.4 is 0 Å². The summed E-state index contributed by atoms with van der Waals surface area (Å²) < 4.78 is 112. The molecule has 2 aliphatic rings. The summed E-state index contributed by atoms with van der Waals surface area (Å²) in [5, 5.41) is 0. The van der Waals surface area contributed by atoms with E-state index < -0.39 is 47.6 Å². The van der Waals surface area contributed by atoms with Gasteiger partial charge in [0.2, 0.25) is 0 Å². The Hall–Kier alpha value is -2.21. The number of hydrogen-bond donors (Lipinski definition) is 0. The van der Waals surface area contributed by atoms with Crippen LogP contribution in [0.2, 0.25) is 0 Å². The molecule has 2 aliphatic heterocycles. The van der Waals surface area contributed by atoms with E-state index in [9.17, 15) is 30.7 Å². The van der Waals surface area contributed by atoms with Gasteiger partial charge in [0.25, 0.3) is 0 Å². The van der Waals surface area contributed by atoms with Gasteiger partial charge in [0, 0.05) is 25.6 Å². The van der Waals surface area contributed by atoms with Crippen LogP contribution in [-0.4, -0.2) is 50.6 Å². The maximum atomic E-state index is 13.8. The van der Waals surface area contributed by atoms with E-state index in [1.165, 1.54) is 19.1 Å². The van der Waals surface area contributed by atoms with Crippen molar-refractivity contribution in [1.82, 2.24) is 4.90 Å². The number of halogens is 7. The first-order chi connectivity index (χ1) is 18.3. The quantitative estimate of drug-likeness (QED) is 0.348. The number of likely N-dealkylation sites (tertiary alicyclic amines) is 1. The molecular weight excluding hydrogens is 531 g/mol. The van der Waals surface area contributed by atoms with E-state index in [0.717, 1.165) is 19.4 Å². The monoisotopic (exact) mass is 563 g/mol. The Balaban J connectivity index is 1.68. The summed E-state index contributed by atoms with van der Waals surface area (Å²) in [4.78, 5) is 2.23. The fourth-order valence-electron chi connectivity index (χ4n) is 5.74. The van der Waals surface area contributed by atoms with E-state index in [-0.39, 0.29) is 36.3 Å². The maximum Gasteiger partial charge on any atom is 0.416 e. The fourth-order valence-corrected chi connectivity index (χ4v) is 5.74. The fraction of sp³-hybridized carbons (Fsp3) is 0.571. The maximum absolute atomic E-state index is 13.8. The van der Waals surface area contributed by atoms with Crippen LogP contribution in [0.25, 0.3) is 0 Å². The molecule has 0 amide bonds. The molecule has 11 heteroatoms. The third-order valence-electron chi connectivity index (χ3n) is 7.86. The van der Waals surface area contributed by atoms with E-state index in [4.69, 9.17) is 14.2 Å². The number of nitrogens with zero attached hydrogens (tertiary/aromatic N) is 1. The zero-order valence-corrected chi connectivity index (χ0v) is 21.9. The highest BCUT2D eigenvalue weighted by atomic mass is 19.4. The average Bonchev–Trinajstić information content (AvgIpc) is 2.88. The minimum atomic E-state index is -4.97. The minimum absolute atomic E-state index is 0.0448. The largest absolute Gasteiger partial charge is 0.416 e. The molecule has 0 radical (unpaired) electrons. The van der Waals surface area contributed by atoms with Crippen LogP contribution in [0, 0.1) is 11.7 Å². The first kappa shape index (κ1) is 29.8. The number of benzene rings is 2. The Morgan fingerprint density at radius 1 is 0.949 bits per heavy atom. The van der Waals surface area contributed by atoms with Crippen LogP contribution in [0.15, 0.2) is 42.5 Å². The smallest absolute Gasteiger partial charge is 0.381 e. The number of alkyl halides is 6. The predicted molar refractivity (Wildman–Crippen MR) is 129 cm³/mol. The van der Waals surface area contributed by atoms with Crippen LogP contribution in [0.5, 0.6) is 0 Å². The van der Waals surface area contributed by atoms with Crippen LogP contribution >= 0.6 is 0 Å². The van der Waals surface area contributed by atoms with Crippen molar-refractivity contribution in [2.45, 2.75) is 69.0 Å². The van der Waals surface area contributed by atoms with E-state index in [1.807, 2.05) is 7.05 Å². The third kappa shape index (κ3) is 6.93. The predicted octanol–water partition coefficient (Wildman–Crippen LogP) is 7.20. The van der Waals surface area contributed by atoms with Crippen LogP contribution in [-0.2, 0) is 26.6 Å². The molecule has 39 heavy (non-hydrogen) atoms. The SMILES string of the molecule is COC1CCN(C)C(C2CCOC(OC(C)c3cc(C(F)(F)F)cc(C(F)(F)F)c3)C2c2ccc(F)cc2)C1. The Morgan fingerprint density at radius 2 is 1.56 bits per heavy atom. The molecule has 0 N–H and O–H groups in total. The van der Waals surface area contributed by atoms with Gasteiger partial charge in [-0.1, -0.05) is 12.1 Å². The second-order valence-corrected chi connectivity index (χ2v) is 10.3. The molecule has 0 spiro atoms. The molecule has 0 bridgehead atoms. The highest BCUT2D eigenvalue weighted by Gasteiger charge is 2.44. The van der Waals surface area contributed by atoms with Crippen molar-refractivity contribution in [2.24, 2.45) is 5.92 Å². The molecule has 2 aromatic carbocycles. The molecule has 6 atom stereocenters. The molecule has 216 valence electrons. The molecule has 2 heterocycles. The van der Waals surface area contributed by atoms with Gasteiger partial charge in [-0.2, -0.15) is 26.3 Å². The summed E-state index contributed by atoms with van der Waals surface area (Å²) in [5.41, 5.74) is -2.37. The molecule has 2 fully saturated rings. The normalized spacial score (nSPS) is 27.9. The Kier molecular flexibility index (Phi) is 8.95. The van der Waals surface area contributed by atoms with Crippen molar-refractivity contribution in [1.29, 1.82) is 0 Å². The first-order valence-electron chi connectivity index (χ1n) is 12.8. The first-order valence-corrected chi connectivity index (χ1v) is 12.8. The Labute approximate surface area is 223 Å². The van der Waals surface area contributed by atoms with Crippen LogP contribution in [0.4, 0.5) is 30.7 Å². The van der Waals surface area contributed by atoms with Gasteiger partial charge in [0.05, 0.1) is 29.9 Å². The molecule has 0 aromatic heterocycles. The molecule has 2 saturated heterocycles. The summed E-state index contributed by atoms with van der Waals surface area (Å²) in [7, 11) is 3.67. The number of ether oxygens (including phenoxy) is 3. The Morgan fingerprint density at radius 3 is 2.13 bits per heavy atom.